The van der Waals surface area contributed by atoms with Crippen LogP contribution in [0.15, 0.2) is 24.3 Å². The summed E-state index contributed by atoms with van der Waals surface area (Å²) in [6.07, 6.45) is 5.21. The van der Waals surface area contributed by atoms with Crippen LogP contribution in [0.4, 0.5) is 8.78 Å². The van der Waals surface area contributed by atoms with Gasteiger partial charge < -0.3 is 24.6 Å². The zero-order valence-corrected chi connectivity index (χ0v) is 16.3. The summed E-state index contributed by atoms with van der Waals surface area (Å²) in [5.74, 6) is 0.0612. The predicted molar refractivity (Wildman–Crippen MR) is 102 cm³/mol. The molecule has 1 heterocycles. The number of methoxy groups -OCH3 is 1. The monoisotopic (exact) mass is 410 g/mol. The van der Waals surface area contributed by atoms with E-state index in [2.05, 4.69) is 10.1 Å². The molecule has 3 rings (SSSR count). The van der Waals surface area contributed by atoms with Gasteiger partial charge in [0, 0.05) is 12.1 Å². The number of hydrogen-bond donors (Lipinski definition) is 2. The van der Waals surface area contributed by atoms with Crippen LogP contribution in [0.25, 0.3) is 6.08 Å². The van der Waals surface area contributed by atoms with Crippen molar-refractivity contribution in [2.24, 2.45) is 0 Å². The van der Waals surface area contributed by atoms with Gasteiger partial charge in [-0.05, 0) is 36.6 Å². The van der Waals surface area contributed by atoms with Gasteiger partial charge in [-0.1, -0.05) is 6.07 Å². The van der Waals surface area contributed by atoms with Gasteiger partial charge in [0.25, 0.3) is 5.91 Å². The van der Waals surface area contributed by atoms with Crippen molar-refractivity contribution in [3.8, 4) is 11.5 Å². The largest absolute Gasteiger partial charge is 0.493 e. The number of amides is 2. The number of quaternary nitrogens is 1. The van der Waals surface area contributed by atoms with Gasteiger partial charge in [-0.3, -0.25) is 9.59 Å². The first-order chi connectivity index (χ1) is 13.9. The Hall–Kier alpha value is -2.68. The molecule has 1 aromatic rings. The van der Waals surface area contributed by atoms with Crippen LogP contribution in [0.1, 0.15) is 18.4 Å². The summed E-state index contributed by atoms with van der Waals surface area (Å²) >= 11 is 0. The second-order valence-electron chi connectivity index (χ2n) is 7.22. The van der Waals surface area contributed by atoms with Gasteiger partial charge in [0.2, 0.25) is 5.91 Å². The Morgan fingerprint density at radius 2 is 2.00 bits per heavy atom. The molecule has 0 radical (unpaired) electrons. The SMILES string of the molecule is COc1cc(/C=C/C(=O)N2CC[NH+](CC(=O)NC3CC3)CC2)ccc1OC(F)F. The minimum atomic E-state index is -2.94. The van der Waals surface area contributed by atoms with E-state index in [-0.39, 0.29) is 23.3 Å². The molecular formula is C20H26F2N3O4+. The van der Waals surface area contributed by atoms with Crippen LogP contribution in [-0.4, -0.2) is 69.2 Å². The highest BCUT2D eigenvalue weighted by atomic mass is 19.3. The van der Waals surface area contributed by atoms with Crippen LogP contribution < -0.4 is 19.7 Å². The number of ether oxygens (including phenoxy) is 2. The van der Waals surface area contributed by atoms with E-state index >= 15 is 0 Å². The zero-order valence-electron chi connectivity index (χ0n) is 16.3. The van der Waals surface area contributed by atoms with Crippen LogP contribution in [-0.2, 0) is 9.59 Å². The number of benzene rings is 1. The molecule has 0 unspecified atom stereocenters. The molecule has 0 atom stereocenters. The van der Waals surface area contributed by atoms with Gasteiger partial charge in [-0.15, -0.1) is 0 Å². The van der Waals surface area contributed by atoms with Gasteiger partial charge in [0.1, 0.15) is 0 Å². The Morgan fingerprint density at radius 1 is 1.28 bits per heavy atom. The molecule has 7 nitrogen and oxygen atoms in total. The summed E-state index contributed by atoms with van der Waals surface area (Å²) in [5, 5.41) is 2.98. The smallest absolute Gasteiger partial charge is 0.387 e. The number of piperazine rings is 1. The van der Waals surface area contributed by atoms with E-state index in [1.807, 2.05) is 0 Å². The number of halogens is 2. The Labute approximate surface area is 168 Å². The van der Waals surface area contributed by atoms with Crippen LogP contribution >= 0.6 is 0 Å². The molecule has 29 heavy (non-hydrogen) atoms. The van der Waals surface area contributed by atoms with Gasteiger partial charge in [0.05, 0.1) is 33.3 Å². The van der Waals surface area contributed by atoms with Crippen molar-refractivity contribution in [1.82, 2.24) is 10.2 Å². The number of alkyl halides is 2. The third kappa shape index (κ3) is 6.42. The first-order valence-corrected chi connectivity index (χ1v) is 9.67. The van der Waals surface area contributed by atoms with Gasteiger partial charge in [-0.25, -0.2) is 0 Å². The molecule has 0 bridgehead atoms. The summed E-state index contributed by atoms with van der Waals surface area (Å²) in [5.41, 5.74) is 0.637. The lowest BCUT2D eigenvalue weighted by Crippen LogP contribution is -3.15. The van der Waals surface area contributed by atoms with E-state index in [4.69, 9.17) is 4.74 Å². The molecule has 2 amide bonds. The number of hydrogen-bond acceptors (Lipinski definition) is 4. The molecular weight excluding hydrogens is 384 g/mol. The minimum absolute atomic E-state index is 0.0594. The van der Waals surface area contributed by atoms with Gasteiger partial charge >= 0.3 is 6.61 Å². The fourth-order valence-electron chi connectivity index (χ4n) is 3.21. The summed E-state index contributed by atoms with van der Waals surface area (Å²) in [7, 11) is 1.36. The van der Waals surface area contributed by atoms with E-state index in [1.54, 1.807) is 17.0 Å². The summed E-state index contributed by atoms with van der Waals surface area (Å²) in [4.78, 5) is 27.2. The molecule has 1 saturated carbocycles. The number of carbonyl (C=O) groups is 2. The summed E-state index contributed by atoms with van der Waals surface area (Å²) < 4.78 is 34.2. The third-order valence-corrected chi connectivity index (χ3v) is 4.96. The van der Waals surface area contributed by atoms with Crippen LogP contribution in [0, 0.1) is 0 Å². The molecule has 9 heteroatoms. The highest BCUT2D eigenvalue weighted by Gasteiger charge is 2.27. The number of nitrogens with one attached hydrogen (secondary N) is 2. The van der Waals surface area contributed by atoms with Crippen molar-refractivity contribution in [3.05, 3.63) is 29.8 Å². The van der Waals surface area contributed by atoms with Crippen LogP contribution in [0.3, 0.4) is 0 Å². The van der Waals surface area contributed by atoms with Crippen LogP contribution in [0.5, 0.6) is 11.5 Å². The fourth-order valence-corrected chi connectivity index (χ4v) is 3.21. The fraction of sp³-hybridized carbons (Fsp3) is 0.500. The quantitative estimate of drug-likeness (QED) is 0.606. The molecule has 1 aromatic carbocycles. The van der Waals surface area contributed by atoms with Crippen molar-refractivity contribution < 1.29 is 32.7 Å². The Balaban J connectivity index is 1.48. The maximum atomic E-state index is 12.4. The zero-order chi connectivity index (χ0) is 20.8. The van der Waals surface area contributed by atoms with Crippen molar-refractivity contribution in [2.75, 3.05) is 39.8 Å². The van der Waals surface area contributed by atoms with Gasteiger partial charge in [-0.2, -0.15) is 8.78 Å². The lowest BCUT2D eigenvalue weighted by Gasteiger charge is -2.31. The van der Waals surface area contributed by atoms with Crippen molar-refractivity contribution >= 4 is 17.9 Å². The highest BCUT2D eigenvalue weighted by molar-refractivity contribution is 5.92. The second kappa shape index (κ2) is 9.69. The van der Waals surface area contributed by atoms with E-state index in [9.17, 15) is 18.4 Å². The molecule has 1 saturated heterocycles. The number of nitrogens with zero attached hydrogens (tertiary/aromatic N) is 1. The molecule has 0 spiro atoms. The van der Waals surface area contributed by atoms with Crippen molar-refractivity contribution in [2.45, 2.75) is 25.5 Å². The third-order valence-electron chi connectivity index (χ3n) is 4.96. The first kappa shape index (κ1) is 21.0. The van der Waals surface area contributed by atoms with Crippen molar-refractivity contribution in [3.63, 3.8) is 0 Å². The lowest BCUT2D eigenvalue weighted by molar-refractivity contribution is -0.896. The molecule has 158 valence electrons. The molecule has 2 N–H and O–H groups in total. The van der Waals surface area contributed by atoms with Gasteiger partial charge in [0.15, 0.2) is 18.0 Å². The molecule has 2 fully saturated rings. The molecule has 2 aliphatic rings. The normalized spacial score (nSPS) is 17.6. The summed E-state index contributed by atoms with van der Waals surface area (Å²) in [6.45, 7) is 0.129. The molecule has 1 aliphatic carbocycles. The highest BCUT2D eigenvalue weighted by Crippen LogP contribution is 2.29. The Morgan fingerprint density at radius 3 is 2.62 bits per heavy atom. The Kier molecular flexibility index (Phi) is 7.03. The van der Waals surface area contributed by atoms with E-state index in [0.29, 0.717) is 31.2 Å². The predicted octanol–water partition coefficient (Wildman–Crippen LogP) is 0.316. The average Bonchev–Trinajstić information content (AvgIpc) is 3.50. The van der Waals surface area contributed by atoms with Crippen LogP contribution in [0.2, 0.25) is 0 Å². The lowest BCUT2D eigenvalue weighted by atomic mass is 10.2. The van der Waals surface area contributed by atoms with E-state index in [0.717, 1.165) is 25.9 Å². The number of rotatable bonds is 8. The minimum Gasteiger partial charge on any atom is -0.493 e. The summed E-state index contributed by atoms with van der Waals surface area (Å²) in [6, 6.07) is 4.85. The standard InChI is InChI=1S/C20H25F2N3O4/c1-28-17-12-14(2-6-16(17)29-20(21)22)3-7-19(27)25-10-8-24(9-11-25)13-18(26)23-15-4-5-15/h2-3,6-7,12,15,20H,4-5,8-11,13H2,1H3,(H,23,26)/p+1/b7-3+. The topological polar surface area (TPSA) is 72.3 Å². The average molecular weight is 410 g/mol. The Bertz CT molecular complexity index is 760. The molecule has 1 aliphatic heterocycles. The van der Waals surface area contributed by atoms with E-state index in [1.165, 1.54) is 30.2 Å². The van der Waals surface area contributed by atoms with Crippen molar-refractivity contribution in [1.29, 1.82) is 0 Å². The molecule has 0 aromatic heterocycles. The maximum absolute atomic E-state index is 12.4. The number of carbonyl (C=O) groups excluding carboxylic acids is 2. The second-order valence-corrected chi connectivity index (χ2v) is 7.22. The maximum Gasteiger partial charge on any atom is 0.387 e. The van der Waals surface area contributed by atoms with E-state index < -0.39 is 6.61 Å². The first-order valence-electron chi connectivity index (χ1n) is 9.67.